The van der Waals surface area contributed by atoms with Gasteiger partial charge in [-0.1, -0.05) is 29.8 Å². The molecule has 0 saturated heterocycles. The molecule has 6 heteroatoms. The molecule has 0 aliphatic rings. The summed E-state index contributed by atoms with van der Waals surface area (Å²) in [4.78, 5) is 26.8. The predicted molar refractivity (Wildman–Crippen MR) is 93.3 cm³/mol. The number of aromatic nitrogens is 1. The molecule has 0 fully saturated rings. The number of H-pyrrole nitrogens is 1. The molecule has 5 nitrogen and oxygen atoms in total. The van der Waals surface area contributed by atoms with Crippen LogP contribution in [-0.2, 0) is 16.0 Å². The van der Waals surface area contributed by atoms with E-state index in [1.54, 1.807) is 6.20 Å². The number of carboxylic acid groups (broad SMARTS) is 1. The van der Waals surface area contributed by atoms with Crippen LogP contribution in [0.1, 0.15) is 32.3 Å². The first-order valence-corrected chi connectivity index (χ1v) is 8.54. The first-order chi connectivity index (χ1) is 11.0. The van der Waals surface area contributed by atoms with E-state index in [9.17, 15) is 14.7 Å². The number of aromatic amines is 1. The molecule has 23 heavy (non-hydrogen) atoms. The fourth-order valence-electron chi connectivity index (χ4n) is 2.69. The maximum atomic E-state index is 12.2. The SMILES string of the molecule is CCC(CC)C(=O)NC(Cc1c[nH]c2ccc(Br)cc12)C(=O)O. The second-order valence-corrected chi connectivity index (χ2v) is 6.54. The van der Waals surface area contributed by atoms with Crippen LogP contribution in [0, 0.1) is 5.92 Å². The molecule has 0 spiro atoms. The van der Waals surface area contributed by atoms with Crippen LogP contribution in [-0.4, -0.2) is 28.0 Å². The third-order valence-electron chi connectivity index (χ3n) is 4.12. The van der Waals surface area contributed by atoms with Crippen LogP contribution in [0.3, 0.4) is 0 Å². The molecule has 1 aromatic carbocycles. The van der Waals surface area contributed by atoms with Gasteiger partial charge in [-0.05, 0) is 36.6 Å². The Morgan fingerprint density at radius 2 is 2.00 bits per heavy atom. The number of fused-ring (bicyclic) bond motifs is 1. The Morgan fingerprint density at radius 1 is 1.30 bits per heavy atom. The lowest BCUT2D eigenvalue weighted by Gasteiger charge is -2.18. The van der Waals surface area contributed by atoms with Crippen LogP contribution in [0.5, 0.6) is 0 Å². The van der Waals surface area contributed by atoms with Crippen molar-refractivity contribution in [1.29, 1.82) is 0 Å². The van der Waals surface area contributed by atoms with E-state index in [0.717, 1.165) is 20.9 Å². The summed E-state index contributed by atoms with van der Waals surface area (Å²) in [6.07, 6.45) is 3.46. The van der Waals surface area contributed by atoms with Crippen LogP contribution < -0.4 is 5.32 Å². The number of benzene rings is 1. The van der Waals surface area contributed by atoms with Crippen LogP contribution in [0.4, 0.5) is 0 Å². The van der Waals surface area contributed by atoms with E-state index in [1.165, 1.54) is 0 Å². The fraction of sp³-hybridized carbons (Fsp3) is 0.412. The Morgan fingerprint density at radius 3 is 2.61 bits per heavy atom. The Hall–Kier alpha value is -1.82. The van der Waals surface area contributed by atoms with Crippen molar-refractivity contribution >= 4 is 38.7 Å². The number of hydrogen-bond donors (Lipinski definition) is 3. The van der Waals surface area contributed by atoms with Crippen molar-refractivity contribution in [2.45, 2.75) is 39.2 Å². The fourth-order valence-corrected chi connectivity index (χ4v) is 3.05. The van der Waals surface area contributed by atoms with Crippen molar-refractivity contribution in [2.75, 3.05) is 0 Å². The van der Waals surface area contributed by atoms with E-state index in [4.69, 9.17) is 0 Å². The Bertz CT molecular complexity index is 707. The van der Waals surface area contributed by atoms with Crippen molar-refractivity contribution in [3.63, 3.8) is 0 Å². The maximum Gasteiger partial charge on any atom is 0.326 e. The summed E-state index contributed by atoms with van der Waals surface area (Å²) in [5, 5.41) is 13.1. The molecule has 124 valence electrons. The van der Waals surface area contributed by atoms with Gasteiger partial charge in [0.2, 0.25) is 5.91 Å². The maximum absolute atomic E-state index is 12.2. The minimum Gasteiger partial charge on any atom is -0.480 e. The molecule has 1 unspecified atom stereocenters. The third kappa shape index (κ3) is 4.13. The summed E-state index contributed by atoms with van der Waals surface area (Å²) in [5.41, 5.74) is 1.82. The predicted octanol–water partition coefficient (Wildman–Crippen LogP) is 3.48. The summed E-state index contributed by atoms with van der Waals surface area (Å²) >= 11 is 3.42. The lowest BCUT2D eigenvalue weighted by molar-refractivity contribution is -0.142. The molecule has 2 rings (SSSR count). The minimum absolute atomic E-state index is 0.144. The van der Waals surface area contributed by atoms with Crippen molar-refractivity contribution < 1.29 is 14.7 Å². The van der Waals surface area contributed by atoms with Crippen LogP contribution in [0.25, 0.3) is 10.9 Å². The van der Waals surface area contributed by atoms with E-state index in [0.29, 0.717) is 12.8 Å². The molecule has 0 aliphatic carbocycles. The number of halogens is 1. The Kier molecular flexibility index (Phi) is 5.82. The molecule has 1 atom stereocenters. The lowest BCUT2D eigenvalue weighted by atomic mass is 10.0. The number of carbonyl (C=O) groups excluding carboxylic acids is 1. The highest BCUT2D eigenvalue weighted by molar-refractivity contribution is 9.10. The van der Waals surface area contributed by atoms with Crippen LogP contribution in [0.15, 0.2) is 28.9 Å². The number of amides is 1. The molecule has 0 aliphatic heterocycles. The van der Waals surface area contributed by atoms with E-state index >= 15 is 0 Å². The molecule has 0 radical (unpaired) electrons. The summed E-state index contributed by atoms with van der Waals surface area (Å²) in [7, 11) is 0. The van der Waals surface area contributed by atoms with Gasteiger partial charge in [-0.2, -0.15) is 0 Å². The molecule has 1 amide bonds. The number of carbonyl (C=O) groups is 2. The molecule has 1 aromatic heterocycles. The van der Waals surface area contributed by atoms with Crippen LogP contribution >= 0.6 is 15.9 Å². The second kappa shape index (κ2) is 7.64. The second-order valence-electron chi connectivity index (χ2n) is 5.62. The smallest absolute Gasteiger partial charge is 0.326 e. The van der Waals surface area contributed by atoms with Gasteiger partial charge in [-0.25, -0.2) is 4.79 Å². The number of carboxylic acids is 1. The molecule has 1 heterocycles. The average Bonchev–Trinajstić information content (AvgIpc) is 2.90. The average molecular weight is 381 g/mol. The van der Waals surface area contributed by atoms with E-state index < -0.39 is 12.0 Å². The van der Waals surface area contributed by atoms with Gasteiger partial charge in [0.1, 0.15) is 6.04 Å². The zero-order valence-electron chi connectivity index (χ0n) is 13.2. The first kappa shape index (κ1) is 17.5. The summed E-state index contributed by atoms with van der Waals surface area (Å²) in [5.74, 6) is -1.36. The largest absolute Gasteiger partial charge is 0.480 e. The zero-order valence-corrected chi connectivity index (χ0v) is 14.8. The molecular formula is C17H21BrN2O3. The molecular weight excluding hydrogens is 360 g/mol. The van der Waals surface area contributed by atoms with Gasteiger partial charge in [0, 0.05) is 33.9 Å². The van der Waals surface area contributed by atoms with Crippen molar-refractivity contribution in [3.8, 4) is 0 Å². The molecule has 0 bridgehead atoms. The topological polar surface area (TPSA) is 82.2 Å². The number of aliphatic carboxylic acids is 1. The van der Waals surface area contributed by atoms with Gasteiger partial charge in [-0.15, -0.1) is 0 Å². The van der Waals surface area contributed by atoms with Gasteiger partial charge in [0.05, 0.1) is 0 Å². The van der Waals surface area contributed by atoms with Crippen LogP contribution in [0.2, 0.25) is 0 Å². The van der Waals surface area contributed by atoms with Crippen molar-refractivity contribution in [1.82, 2.24) is 10.3 Å². The summed E-state index contributed by atoms with van der Waals surface area (Å²) in [6, 6.07) is 4.87. The number of nitrogens with one attached hydrogen (secondary N) is 2. The van der Waals surface area contributed by atoms with E-state index in [-0.39, 0.29) is 18.2 Å². The number of hydrogen-bond acceptors (Lipinski definition) is 2. The monoisotopic (exact) mass is 380 g/mol. The highest BCUT2D eigenvalue weighted by Crippen LogP contribution is 2.24. The third-order valence-corrected chi connectivity index (χ3v) is 4.62. The first-order valence-electron chi connectivity index (χ1n) is 7.74. The van der Waals surface area contributed by atoms with Gasteiger partial charge in [0.15, 0.2) is 0 Å². The van der Waals surface area contributed by atoms with Gasteiger partial charge in [-0.3, -0.25) is 4.79 Å². The highest BCUT2D eigenvalue weighted by Gasteiger charge is 2.24. The Balaban J connectivity index is 2.20. The molecule has 3 N–H and O–H groups in total. The quantitative estimate of drug-likeness (QED) is 0.687. The molecule has 2 aromatic rings. The van der Waals surface area contributed by atoms with E-state index in [1.807, 2.05) is 32.0 Å². The van der Waals surface area contributed by atoms with E-state index in [2.05, 4.69) is 26.2 Å². The van der Waals surface area contributed by atoms with Crippen molar-refractivity contribution in [3.05, 3.63) is 34.4 Å². The Labute approximate surface area is 143 Å². The van der Waals surface area contributed by atoms with Crippen molar-refractivity contribution in [2.24, 2.45) is 5.92 Å². The zero-order chi connectivity index (χ0) is 17.0. The molecule has 0 saturated carbocycles. The normalized spacial score (nSPS) is 12.5. The minimum atomic E-state index is -1.02. The van der Waals surface area contributed by atoms with Gasteiger partial charge >= 0.3 is 5.97 Å². The summed E-state index contributed by atoms with van der Waals surface area (Å²) < 4.78 is 0.929. The highest BCUT2D eigenvalue weighted by atomic mass is 79.9. The standard InChI is InChI=1S/C17H21BrN2O3/c1-3-10(4-2)16(21)20-15(17(22)23)7-11-9-19-14-6-5-12(18)8-13(11)14/h5-6,8-10,15,19H,3-4,7H2,1-2H3,(H,20,21)(H,22,23). The van der Waals surface area contributed by atoms with Gasteiger partial charge < -0.3 is 15.4 Å². The van der Waals surface area contributed by atoms with Gasteiger partial charge in [0.25, 0.3) is 0 Å². The lowest BCUT2D eigenvalue weighted by Crippen LogP contribution is -2.44. The summed E-state index contributed by atoms with van der Waals surface area (Å²) in [6.45, 7) is 3.86. The number of rotatable bonds is 7.